The maximum absolute atomic E-state index is 6.36. The Labute approximate surface area is 342 Å². The van der Waals surface area contributed by atoms with Crippen molar-refractivity contribution in [2.24, 2.45) is 0 Å². The first-order valence-corrected chi connectivity index (χ1v) is 20.2. The van der Waals surface area contributed by atoms with Crippen molar-refractivity contribution >= 4 is 87.0 Å². The van der Waals surface area contributed by atoms with Gasteiger partial charge in [0.1, 0.15) is 22.3 Å². The SMILES string of the molecule is c1ccc2c(-c3cccc4oc5ccccc5c34)cc(-c3nc(-c4ccc5cc6c(cc5c4)oc4ccccc46)nc(-c4ccc5c(ccc6ccccc65)c4)n3)cc2c1. The van der Waals surface area contributed by atoms with Gasteiger partial charge in [-0.05, 0) is 109 Å². The lowest BCUT2D eigenvalue weighted by atomic mass is 9.92. The van der Waals surface area contributed by atoms with E-state index in [0.717, 1.165) is 98.6 Å². The maximum atomic E-state index is 6.36. The number of para-hydroxylation sites is 2. The molecule has 0 N–H and O–H groups in total. The highest BCUT2D eigenvalue weighted by atomic mass is 16.3. The van der Waals surface area contributed by atoms with Gasteiger partial charge in [0.25, 0.3) is 0 Å². The first kappa shape index (κ1) is 32.9. The van der Waals surface area contributed by atoms with Crippen LogP contribution in [0.2, 0.25) is 0 Å². The summed E-state index contributed by atoms with van der Waals surface area (Å²) in [5.74, 6) is 1.80. The third kappa shape index (κ3) is 5.09. The maximum Gasteiger partial charge on any atom is 0.164 e. The summed E-state index contributed by atoms with van der Waals surface area (Å²) in [5.41, 5.74) is 8.35. The first-order valence-electron chi connectivity index (χ1n) is 20.2. The molecule has 60 heavy (non-hydrogen) atoms. The van der Waals surface area contributed by atoms with E-state index in [1.807, 2.05) is 30.3 Å². The van der Waals surface area contributed by atoms with Crippen LogP contribution < -0.4 is 0 Å². The molecule has 13 aromatic rings. The van der Waals surface area contributed by atoms with Crippen molar-refractivity contribution in [2.45, 2.75) is 0 Å². The predicted molar refractivity (Wildman–Crippen MR) is 246 cm³/mol. The van der Waals surface area contributed by atoms with Gasteiger partial charge in [0.05, 0.1) is 0 Å². The van der Waals surface area contributed by atoms with Crippen LogP contribution in [0, 0.1) is 0 Å². The molecule has 0 atom stereocenters. The highest BCUT2D eigenvalue weighted by Gasteiger charge is 2.19. The second-order valence-electron chi connectivity index (χ2n) is 15.6. The lowest BCUT2D eigenvalue weighted by Gasteiger charge is -2.14. The van der Waals surface area contributed by atoms with Gasteiger partial charge in [-0.2, -0.15) is 0 Å². The fourth-order valence-corrected chi connectivity index (χ4v) is 9.18. The molecule has 0 amide bonds. The molecule has 3 aromatic heterocycles. The summed E-state index contributed by atoms with van der Waals surface area (Å²) < 4.78 is 12.7. The van der Waals surface area contributed by atoms with Crippen molar-refractivity contribution in [3.63, 3.8) is 0 Å². The second-order valence-corrected chi connectivity index (χ2v) is 15.6. The van der Waals surface area contributed by atoms with Crippen molar-refractivity contribution in [3.05, 3.63) is 188 Å². The summed E-state index contributed by atoms with van der Waals surface area (Å²) in [6, 6.07) is 65.9. The summed E-state index contributed by atoms with van der Waals surface area (Å²) in [6.45, 7) is 0. The number of nitrogens with zero attached hydrogens (tertiary/aromatic N) is 3. The highest BCUT2D eigenvalue weighted by molar-refractivity contribution is 6.16. The second kappa shape index (κ2) is 12.7. The van der Waals surface area contributed by atoms with Crippen molar-refractivity contribution in [1.29, 1.82) is 0 Å². The van der Waals surface area contributed by atoms with Gasteiger partial charge >= 0.3 is 0 Å². The van der Waals surface area contributed by atoms with Crippen molar-refractivity contribution in [3.8, 4) is 45.3 Å². The Hall–Kier alpha value is -8.15. The average molecular weight is 766 g/mol. The van der Waals surface area contributed by atoms with Crippen LogP contribution in [0.1, 0.15) is 0 Å². The van der Waals surface area contributed by atoms with E-state index < -0.39 is 0 Å². The molecule has 0 aliphatic carbocycles. The molecule has 278 valence electrons. The van der Waals surface area contributed by atoms with Gasteiger partial charge in [-0.15, -0.1) is 0 Å². The van der Waals surface area contributed by atoms with Crippen LogP contribution in [0.25, 0.3) is 132 Å². The summed E-state index contributed by atoms with van der Waals surface area (Å²) in [4.78, 5) is 15.8. The van der Waals surface area contributed by atoms with E-state index >= 15 is 0 Å². The molecule has 0 bridgehead atoms. The van der Waals surface area contributed by atoms with Gasteiger partial charge in [0.2, 0.25) is 0 Å². The molecular formula is C55H31N3O2. The van der Waals surface area contributed by atoms with Crippen molar-refractivity contribution in [2.75, 3.05) is 0 Å². The first-order chi connectivity index (χ1) is 29.7. The van der Waals surface area contributed by atoms with E-state index in [1.54, 1.807) is 0 Å². The zero-order chi connectivity index (χ0) is 39.3. The van der Waals surface area contributed by atoms with E-state index in [0.29, 0.717) is 17.5 Å². The Balaban J connectivity index is 1.04. The average Bonchev–Trinajstić information content (AvgIpc) is 3.88. The molecule has 0 fully saturated rings. The van der Waals surface area contributed by atoms with Gasteiger partial charge in [-0.1, -0.05) is 133 Å². The molecule has 0 aliphatic heterocycles. The quantitative estimate of drug-likeness (QED) is 0.167. The number of fused-ring (bicyclic) bond motifs is 11. The standard InChI is InChI=1S/C55H31N3O2/c1-3-12-40-32(10-1)20-22-35-26-37(24-25-42(35)40)54-56-53(36-23-21-33-29-47-43-14-5-7-17-48(43)60-51(47)31-38(33)28-36)57-55(58-54)39-27-34-11-2-4-13-41(34)46(30-39)44-16-9-19-50-52(44)45-15-6-8-18-49(45)59-50/h1-31H. The summed E-state index contributed by atoms with van der Waals surface area (Å²) in [7, 11) is 0. The Morgan fingerprint density at radius 1 is 0.267 bits per heavy atom. The molecule has 0 saturated heterocycles. The van der Waals surface area contributed by atoms with Gasteiger partial charge in [-0.3, -0.25) is 0 Å². The number of benzene rings is 10. The van der Waals surface area contributed by atoms with Crippen LogP contribution in [0.4, 0.5) is 0 Å². The molecule has 10 aromatic carbocycles. The van der Waals surface area contributed by atoms with E-state index in [4.69, 9.17) is 23.8 Å². The largest absolute Gasteiger partial charge is 0.456 e. The van der Waals surface area contributed by atoms with Gasteiger partial charge in [0, 0.05) is 38.2 Å². The zero-order valence-electron chi connectivity index (χ0n) is 32.1. The lowest BCUT2D eigenvalue weighted by molar-refractivity contribution is 0.669. The molecule has 0 aliphatic rings. The van der Waals surface area contributed by atoms with E-state index in [1.165, 1.54) is 16.2 Å². The molecule has 0 spiro atoms. The Bertz CT molecular complexity index is 3910. The van der Waals surface area contributed by atoms with E-state index in [-0.39, 0.29) is 0 Å². The Morgan fingerprint density at radius 3 is 1.65 bits per heavy atom. The summed E-state index contributed by atoms with van der Waals surface area (Å²) in [6.07, 6.45) is 0. The molecule has 13 rings (SSSR count). The predicted octanol–water partition coefficient (Wildman–Crippen LogP) is 15.0. The van der Waals surface area contributed by atoms with Crippen LogP contribution in [-0.4, -0.2) is 15.0 Å². The van der Waals surface area contributed by atoms with Crippen LogP contribution >= 0.6 is 0 Å². The topological polar surface area (TPSA) is 65.0 Å². The smallest absolute Gasteiger partial charge is 0.164 e. The normalized spacial score (nSPS) is 12.0. The number of hydrogen-bond donors (Lipinski definition) is 0. The number of aromatic nitrogens is 3. The minimum Gasteiger partial charge on any atom is -0.456 e. The zero-order valence-corrected chi connectivity index (χ0v) is 32.1. The Kier molecular flexibility index (Phi) is 6.95. The highest BCUT2D eigenvalue weighted by Crippen LogP contribution is 2.42. The molecule has 0 radical (unpaired) electrons. The number of rotatable bonds is 4. The molecule has 0 saturated carbocycles. The van der Waals surface area contributed by atoms with Crippen LogP contribution in [-0.2, 0) is 0 Å². The third-order valence-electron chi connectivity index (χ3n) is 12.0. The number of furan rings is 2. The fraction of sp³-hybridized carbons (Fsp3) is 0. The molecular weight excluding hydrogens is 735 g/mol. The van der Waals surface area contributed by atoms with Gasteiger partial charge in [-0.25, -0.2) is 15.0 Å². The lowest BCUT2D eigenvalue weighted by Crippen LogP contribution is -2.00. The van der Waals surface area contributed by atoms with Crippen molar-refractivity contribution < 1.29 is 8.83 Å². The van der Waals surface area contributed by atoms with E-state index in [9.17, 15) is 0 Å². The van der Waals surface area contributed by atoms with Crippen LogP contribution in [0.3, 0.4) is 0 Å². The fourth-order valence-electron chi connectivity index (χ4n) is 9.18. The molecule has 5 heteroatoms. The minimum absolute atomic E-state index is 0.595. The van der Waals surface area contributed by atoms with Crippen molar-refractivity contribution in [1.82, 2.24) is 15.0 Å². The summed E-state index contributed by atoms with van der Waals surface area (Å²) >= 11 is 0. The monoisotopic (exact) mass is 765 g/mol. The summed E-state index contributed by atoms with van der Waals surface area (Å²) in [5, 5.41) is 13.5. The molecule has 5 nitrogen and oxygen atoms in total. The van der Waals surface area contributed by atoms with Gasteiger partial charge < -0.3 is 8.83 Å². The number of hydrogen-bond acceptors (Lipinski definition) is 5. The van der Waals surface area contributed by atoms with E-state index in [2.05, 4.69) is 158 Å². The minimum atomic E-state index is 0.595. The third-order valence-corrected chi connectivity index (χ3v) is 12.0. The molecule has 3 heterocycles. The molecule has 0 unspecified atom stereocenters. The van der Waals surface area contributed by atoms with Crippen LogP contribution in [0.5, 0.6) is 0 Å². The van der Waals surface area contributed by atoms with Gasteiger partial charge in [0.15, 0.2) is 17.5 Å². The van der Waals surface area contributed by atoms with Crippen LogP contribution in [0.15, 0.2) is 197 Å². The Morgan fingerprint density at radius 2 is 0.817 bits per heavy atom.